The third kappa shape index (κ3) is 1.64. The lowest BCUT2D eigenvalue weighted by Crippen LogP contribution is -2.12. The first kappa shape index (κ1) is 9.59. The summed E-state index contributed by atoms with van der Waals surface area (Å²) in [6.07, 6.45) is 5.06. The maximum atomic E-state index is 11.6. The van der Waals surface area contributed by atoms with Crippen molar-refractivity contribution in [1.29, 1.82) is 0 Å². The van der Waals surface area contributed by atoms with Crippen LogP contribution in [0.15, 0.2) is 22.4 Å². The Bertz CT molecular complexity index is 423. The molecule has 1 aliphatic rings. The van der Waals surface area contributed by atoms with Gasteiger partial charge in [0.15, 0.2) is 5.78 Å². The second kappa shape index (κ2) is 3.65. The van der Waals surface area contributed by atoms with Gasteiger partial charge in [-0.25, -0.2) is 4.98 Å². The predicted octanol–water partition coefficient (Wildman–Crippen LogP) is 2.76. The van der Waals surface area contributed by atoms with Crippen LogP contribution in [0, 0.1) is 0 Å². The molecule has 1 aromatic heterocycles. The second-order valence-electron chi connectivity index (χ2n) is 3.33. The number of hydrogen-bond acceptors (Lipinski definition) is 2. The van der Waals surface area contributed by atoms with Gasteiger partial charge in [-0.3, -0.25) is 4.79 Å². The number of fused-ring (bicyclic) bond motifs is 1. The zero-order chi connectivity index (χ0) is 10.1. The normalized spacial score (nSPS) is 15.0. The van der Waals surface area contributed by atoms with Gasteiger partial charge in [-0.15, -0.1) is 0 Å². The molecule has 0 unspecified atom stereocenters. The van der Waals surface area contributed by atoms with Crippen LogP contribution in [-0.2, 0) is 11.2 Å². The van der Waals surface area contributed by atoms with E-state index in [4.69, 9.17) is 0 Å². The number of Topliss-reactive ketones (excluding diaryl/α,β-unsaturated/α-hetero) is 1. The number of carbonyl (C=O) groups is 1. The van der Waals surface area contributed by atoms with Crippen molar-refractivity contribution in [3.63, 3.8) is 0 Å². The molecular weight excluding hydrogens is 242 g/mol. The van der Waals surface area contributed by atoms with Gasteiger partial charge in [-0.2, -0.15) is 0 Å². The summed E-state index contributed by atoms with van der Waals surface area (Å²) in [5.41, 5.74) is 3.04. The van der Waals surface area contributed by atoms with Crippen LogP contribution in [0.25, 0.3) is 6.08 Å². The van der Waals surface area contributed by atoms with Gasteiger partial charge in [0.25, 0.3) is 0 Å². The SMILES string of the molecule is CCC1=Cc2cnc(Br)cc2CC1=O. The minimum absolute atomic E-state index is 0.234. The van der Waals surface area contributed by atoms with E-state index in [2.05, 4.69) is 20.9 Å². The largest absolute Gasteiger partial charge is 0.294 e. The molecule has 14 heavy (non-hydrogen) atoms. The van der Waals surface area contributed by atoms with Crippen molar-refractivity contribution >= 4 is 27.8 Å². The first-order valence-electron chi connectivity index (χ1n) is 4.59. The Kier molecular flexibility index (Phi) is 2.50. The summed E-state index contributed by atoms with van der Waals surface area (Å²) < 4.78 is 0.789. The molecule has 2 nitrogen and oxygen atoms in total. The number of halogens is 1. The first-order valence-corrected chi connectivity index (χ1v) is 5.38. The van der Waals surface area contributed by atoms with E-state index in [1.54, 1.807) is 0 Å². The number of allylic oxidation sites excluding steroid dienone is 1. The molecular formula is C11H10BrNO. The highest BCUT2D eigenvalue weighted by molar-refractivity contribution is 9.10. The van der Waals surface area contributed by atoms with Crippen LogP contribution in [0.1, 0.15) is 24.5 Å². The molecule has 2 rings (SSSR count). The molecule has 0 aliphatic heterocycles. The van der Waals surface area contributed by atoms with Crippen molar-refractivity contribution < 1.29 is 4.79 Å². The summed E-state index contributed by atoms with van der Waals surface area (Å²) in [5.74, 6) is 0.234. The van der Waals surface area contributed by atoms with Crippen LogP contribution in [-0.4, -0.2) is 10.8 Å². The smallest absolute Gasteiger partial charge is 0.163 e. The van der Waals surface area contributed by atoms with E-state index in [0.29, 0.717) is 6.42 Å². The molecule has 0 N–H and O–H groups in total. The van der Waals surface area contributed by atoms with Crippen molar-refractivity contribution in [3.8, 4) is 0 Å². The molecule has 0 fully saturated rings. The summed E-state index contributed by atoms with van der Waals surface area (Å²) in [5, 5.41) is 0. The number of nitrogens with zero attached hydrogens (tertiary/aromatic N) is 1. The maximum absolute atomic E-state index is 11.6. The standard InChI is InChI=1S/C11H10BrNO/c1-2-7-3-9-6-13-11(12)5-8(9)4-10(7)14/h3,5-6H,2,4H2,1H3. The molecule has 0 saturated carbocycles. The Morgan fingerprint density at radius 2 is 2.36 bits per heavy atom. The molecule has 0 spiro atoms. The molecule has 3 heteroatoms. The van der Waals surface area contributed by atoms with E-state index < -0.39 is 0 Å². The van der Waals surface area contributed by atoms with Gasteiger partial charge in [0.2, 0.25) is 0 Å². The van der Waals surface area contributed by atoms with E-state index in [-0.39, 0.29) is 5.78 Å². The topological polar surface area (TPSA) is 30.0 Å². The molecule has 0 aromatic carbocycles. The van der Waals surface area contributed by atoms with Crippen LogP contribution < -0.4 is 0 Å². The number of carbonyl (C=O) groups excluding carboxylic acids is 1. The molecule has 72 valence electrons. The lowest BCUT2D eigenvalue weighted by molar-refractivity contribution is -0.115. The van der Waals surface area contributed by atoms with E-state index in [0.717, 1.165) is 27.7 Å². The monoisotopic (exact) mass is 251 g/mol. The lowest BCUT2D eigenvalue weighted by Gasteiger charge is -2.13. The summed E-state index contributed by atoms with van der Waals surface area (Å²) in [7, 11) is 0. The van der Waals surface area contributed by atoms with Crippen molar-refractivity contribution in [3.05, 3.63) is 33.6 Å². The van der Waals surface area contributed by atoms with E-state index in [9.17, 15) is 4.79 Å². The van der Waals surface area contributed by atoms with E-state index >= 15 is 0 Å². The fourth-order valence-electron chi connectivity index (χ4n) is 1.62. The van der Waals surface area contributed by atoms with Gasteiger partial charge in [0, 0.05) is 12.6 Å². The average Bonchev–Trinajstić information content (AvgIpc) is 2.16. The van der Waals surface area contributed by atoms with Gasteiger partial charge >= 0.3 is 0 Å². The van der Waals surface area contributed by atoms with E-state index in [1.807, 2.05) is 25.3 Å². The van der Waals surface area contributed by atoms with Gasteiger partial charge in [-0.1, -0.05) is 6.92 Å². The predicted molar refractivity (Wildman–Crippen MR) is 58.9 cm³/mol. The minimum Gasteiger partial charge on any atom is -0.294 e. The molecule has 0 atom stereocenters. The highest BCUT2D eigenvalue weighted by atomic mass is 79.9. The van der Waals surface area contributed by atoms with Gasteiger partial charge in [0.05, 0.1) is 0 Å². The Morgan fingerprint density at radius 1 is 1.57 bits per heavy atom. The quantitative estimate of drug-likeness (QED) is 0.719. The molecule has 0 bridgehead atoms. The number of pyridine rings is 1. The zero-order valence-electron chi connectivity index (χ0n) is 7.88. The molecule has 0 saturated heterocycles. The average molecular weight is 252 g/mol. The zero-order valence-corrected chi connectivity index (χ0v) is 9.47. The first-order chi connectivity index (χ1) is 6.70. The third-order valence-corrected chi connectivity index (χ3v) is 2.84. The summed E-state index contributed by atoms with van der Waals surface area (Å²) in [6, 6.07) is 1.91. The molecule has 1 aromatic rings. The number of ketones is 1. The van der Waals surface area contributed by atoms with Gasteiger partial charge < -0.3 is 0 Å². The number of hydrogen-bond donors (Lipinski definition) is 0. The fourth-order valence-corrected chi connectivity index (χ4v) is 1.99. The van der Waals surface area contributed by atoms with Crippen molar-refractivity contribution in [2.24, 2.45) is 0 Å². The Labute approximate surface area is 91.2 Å². The number of aromatic nitrogens is 1. The Hall–Kier alpha value is -0.960. The highest BCUT2D eigenvalue weighted by Gasteiger charge is 2.17. The lowest BCUT2D eigenvalue weighted by atomic mass is 9.91. The Balaban J connectivity index is 2.51. The number of rotatable bonds is 1. The van der Waals surface area contributed by atoms with Crippen LogP contribution in [0.2, 0.25) is 0 Å². The van der Waals surface area contributed by atoms with Crippen LogP contribution in [0.4, 0.5) is 0 Å². The van der Waals surface area contributed by atoms with Crippen LogP contribution in [0.5, 0.6) is 0 Å². The minimum atomic E-state index is 0.234. The van der Waals surface area contributed by atoms with Gasteiger partial charge in [0.1, 0.15) is 4.60 Å². The van der Waals surface area contributed by atoms with Crippen molar-refractivity contribution in [1.82, 2.24) is 4.98 Å². The van der Waals surface area contributed by atoms with Crippen LogP contribution >= 0.6 is 15.9 Å². The second-order valence-corrected chi connectivity index (χ2v) is 4.14. The molecule has 1 aliphatic carbocycles. The van der Waals surface area contributed by atoms with Gasteiger partial charge in [-0.05, 0) is 51.2 Å². The molecule has 0 radical (unpaired) electrons. The summed E-state index contributed by atoms with van der Waals surface area (Å²) >= 11 is 3.30. The fraction of sp³-hybridized carbons (Fsp3) is 0.273. The van der Waals surface area contributed by atoms with Crippen molar-refractivity contribution in [2.75, 3.05) is 0 Å². The highest BCUT2D eigenvalue weighted by Crippen LogP contribution is 2.24. The molecule has 1 heterocycles. The summed E-state index contributed by atoms with van der Waals surface area (Å²) in [4.78, 5) is 15.7. The van der Waals surface area contributed by atoms with Crippen LogP contribution in [0.3, 0.4) is 0 Å². The Morgan fingerprint density at radius 3 is 3.07 bits per heavy atom. The third-order valence-electron chi connectivity index (χ3n) is 2.41. The van der Waals surface area contributed by atoms with Crippen molar-refractivity contribution in [2.45, 2.75) is 19.8 Å². The summed E-state index contributed by atoms with van der Waals surface area (Å²) in [6.45, 7) is 2.00. The maximum Gasteiger partial charge on any atom is 0.163 e. The molecule has 0 amide bonds. The van der Waals surface area contributed by atoms with E-state index in [1.165, 1.54) is 0 Å².